The van der Waals surface area contributed by atoms with Crippen molar-refractivity contribution in [2.45, 2.75) is 38.3 Å². The van der Waals surface area contributed by atoms with Crippen molar-refractivity contribution in [2.24, 2.45) is 0 Å². The summed E-state index contributed by atoms with van der Waals surface area (Å²) in [5, 5.41) is 13.5. The van der Waals surface area contributed by atoms with Gasteiger partial charge in [-0.25, -0.2) is 18.1 Å². The number of aromatic amines is 1. The van der Waals surface area contributed by atoms with Crippen molar-refractivity contribution in [1.29, 1.82) is 5.26 Å². The van der Waals surface area contributed by atoms with Crippen molar-refractivity contribution in [1.82, 2.24) is 14.7 Å². The Morgan fingerprint density at radius 1 is 1.43 bits per heavy atom. The van der Waals surface area contributed by atoms with Crippen molar-refractivity contribution < 1.29 is 8.42 Å². The van der Waals surface area contributed by atoms with Gasteiger partial charge >= 0.3 is 0 Å². The van der Waals surface area contributed by atoms with E-state index in [1.165, 1.54) is 0 Å². The maximum atomic E-state index is 11.8. The normalized spacial score (nSPS) is 20.9. The zero-order valence-corrected chi connectivity index (χ0v) is 13.7. The van der Waals surface area contributed by atoms with E-state index in [1.54, 1.807) is 12.4 Å². The number of hydrogen-bond acceptors (Lipinski definition) is 5. The molecular weight excluding hydrogens is 314 g/mol. The van der Waals surface area contributed by atoms with Gasteiger partial charge in [0.15, 0.2) is 0 Å². The summed E-state index contributed by atoms with van der Waals surface area (Å²) in [4.78, 5) is 7.22. The Morgan fingerprint density at radius 3 is 2.91 bits per heavy atom. The molecule has 122 valence electrons. The molecule has 3 rings (SSSR count). The van der Waals surface area contributed by atoms with Crippen molar-refractivity contribution in [3.63, 3.8) is 0 Å². The number of fused-ring (bicyclic) bond motifs is 1. The van der Waals surface area contributed by atoms with E-state index < -0.39 is 10.0 Å². The molecule has 0 saturated heterocycles. The molecule has 3 N–H and O–H groups in total. The summed E-state index contributed by atoms with van der Waals surface area (Å²) in [6.45, 7) is 1.85. The van der Waals surface area contributed by atoms with Crippen LogP contribution in [0, 0.1) is 11.3 Å². The minimum atomic E-state index is -3.17. The molecular formula is C15H19N5O2S. The first kappa shape index (κ1) is 15.8. The van der Waals surface area contributed by atoms with Crippen LogP contribution < -0.4 is 10.0 Å². The fourth-order valence-electron chi connectivity index (χ4n) is 2.87. The summed E-state index contributed by atoms with van der Waals surface area (Å²) in [5.41, 5.74) is 1.98. The summed E-state index contributed by atoms with van der Waals surface area (Å²) >= 11 is 0. The third-order valence-corrected chi connectivity index (χ3v) is 5.65. The van der Waals surface area contributed by atoms with Crippen LogP contribution in [0.1, 0.15) is 31.7 Å². The van der Waals surface area contributed by atoms with Crippen LogP contribution in [-0.4, -0.2) is 36.2 Å². The lowest BCUT2D eigenvalue weighted by molar-refractivity contribution is 0.346. The maximum absolute atomic E-state index is 11.8. The second kappa shape index (κ2) is 6.18. The molecule has 0 atom stereocenters. The molecule has 0 radical (unpaired) electrons. The van der Waals surface area contributed by atoms with E-state index in [-0.39, 0.29) is 17.8 Å². The fraction of sp³-hybridized carbons (Fsp3) is 0.467. The number of nitrogens with one attached hydrogen (secondary N) is 3. The van der Waals surface area contributed by atoms with Crippen LogP contribution in [0.15, 0.2) is 18.5 Å². The molecule has 1 fully saturated rings. The number of aromatic nitrogens is 2. The topological polar surface area (TPSA) is 111 Å². The maximum Gasteiger partial charge on any atom is 0.211 e. The third kappa shape index (κ3) is 3.30. The van der Waals surface area contributed by atoms with Crippen LogP contribution in [0.25, 0.3) is 11.0 Å². The Labute approximate surface area is 135 Å². The number of sulfonamides is 1. The summed E-state index contributed by atoms with van der Waals surface area (Å²) < 4.78 is 26.2. The van der Waals surface area contributed by atoms with Gasteiger partial charge in [-0.05, 0) is 25.3 Å². The lowest BCUT2D eigenvalue weighted by Gasteiger charge is -2.37. The van der Waals surface area contributed by atoms with Crippen LogP contribution in [0.3, 0.4) is 0 Å². The molecule has 0 unspecified atom stereocenters. The SMILES string of the molecule is CCCS(=O)(=O)NC1CC(Nc2c(C#N)cnc3[nH]ccc23)C1. The van der Waals surface area contributed by atoms with Gasteiger partial charge in [-0.3, -0.25) is 0 Å². The van der Waals surface area contributed by atoms with Gasteiger partial charge in [0.05, 0.1) is 17.0 Å². The van der Waals surface area contributed by atoms with E-state index in [4.69, 9.17) is 0 Å². The van der Waals surface area contributed by atoms with Gasteiger partial charge in [0.2, 0.25) is 10.0 Å². The first-order chi connectivity index (χ1) is 11.0. The van der Waals surface area contributed by atoms with Crippen LogP contribution in [-0.2, 0) is 10.0 Å². The van der Waals surface area contributed by atoms with Gasteiger partial charge in [0.25, 0.3) is 0 Å². The number of pyridine rings is 1. The van der Waals surface area contributed by atoms with Crippen molar-refractivity contribution in [3.8, 4) is 6.07 Å². The predicted octanol–water partition coefficient (Wildman–Crippen LogP) is 1.71. The van der Waals surface area contributed by atoms with Crippen molar-refractivity contribution in [2.75, 3.05) is 11.1 Å². The molecule has 8 heteroatoms. The second-order valence-electron chi connectivity index (χ2n) is 5.84. The Morgan fingerprint density at radius 2 is 2.22 bits per heavy atom. The van der Waals surface area contributed by atoms with E-state index in [0.717, 1.165) is 16.7 Å². The molecule has 0 aliphatic heterocycles. The minimum Gasteiger partial charge on any atom is -0.380 e. The molecule has 1 aliphatic carbocycles. The Balaban J connectivity index is 1.67. The molecule has 1 aliphatic rings. The molecule has 0 amide bonds. The van der Waals surface area contributed by atoms with E-state index in [2.05, 4.69) is 26.1 Å². The third-order valence-electron chi connectivity index (χ3n) is 4.01. The minimum absolute atomic E-state index is 0.0295. The largest absolute Gasteiger partial charge is 0.380 e. The fourth-order valence-corrected chi connectivity index (χ4v) is 4.22. The van der Waals surface area contributed by atoms with Crippen LogP contribution >= 0.6 is 0 Å². The number of H-pyrrole nitrogens is 1. The molecule has 1 saturated carbocycles. The molecule has 0 bridgehead atoms. The lowest BCUT2D eigenvalue weighted by atomic mass is 9.87. The average molecular weight is 333 g/mol. The molecule has 2 heterocycles. The molecule has 7 nitrogen and oxygen atoms in total. The molecule has 23 heavy (non-hydrogen) atoms. The number of nitrogens with zero attached hydrogens (tertiary/aromatic N) is 2. The van der Waals surface area contributed by atoms with Crippen molar-refractivity contribution >= 4 is 26.7 Å². The average Bonchev–Trinajstić information content (AvgIpc) is 2.93. The molecule has 2 aromatic heterocycles. The highest BCUT2D eigenvalue weighted by atomic mass is 32.2. The summed E-state index contributed by atoms with van der Waals surface area (Å²) in [5.74, 6) is 0.161. The van der Waals surface area contributed by atoms with Gasteiger partial charge in [0.1, 0.15) is 11.7 Å². The zero-order chi connectivity index (χ0) is 16.4. The number of rotatable bonds is 6. The zero-order valence-electron chi connectivity index (χ0n) is 12.8. The summed E-state index contributed by atoms with van der Waals surface area (Å²) in [6.07, 6.45) is 5.36. The summed E-state index contributed by atoms with van der Waals surface area (Å²) in [6, 6.07) is 4.15. The summed E-state index contributed by atoms with van der Waals surface area (Å²) in [7, 11) is -3.17. The van der Waals surface area contributed by atoms with Crippen LogP contribution in [0.5, 0.6) is 0 Å². The second-order valence-corrected chi connectivity index (χ2v) is 7.72. The number of hydrogen-bond donors (Lipinski definition) is 3. The first-order valence-corrected chi connectivity index (χ1v) is 9.30. The predicted molar refractivity (Wildman–Crippen MR) is 88.5 cm³/mol. The van der Waals surface area contributed by atoms with Crippen LogP contribution in [0.2, 0.25) is 0 Å². The van der Waals surface area contributed by atoms with Gasteiger partial charge in [-0.15, -0.1) is 0 Å². The highest BCUT2D eigenvalue weighted by molar-refractivity contribution is 7.89. The van der Waals surface area contributed by atoms with E-state index in [9.17, 15) is 13.7 Å². The Hall–Kier alpha value is -2.11. The number of anilines is 1. The molecule has 0 spiro atoms. The highest BCUT2D eigenvalue weighted by Gasteiger charge is 2.32. The first-order valence-electron chi connectivity index (χ1n) is 7.65. The quantitative estimate of drug-likeness (QED) is 0.745. The van der Waals surface area contributed by atoms with Crippen molar-refractivity contribution in [3.05, 3.63) is 24.0 Å². The van der Waals surface area contributed by atoms with E-state index in [1.807, 2.05) is 13.0 Å². The van der Waals surface area contributed by atoms with Crippen LogP contribution in [0.4, 0.5) is 5.69 Å². The Kier molecular flexibility index (Phi) is 4.24. The van der Waals surface area contributed by atoms with Gasteiger partial charge in [-0.2, -0.15) is 5.26 Å². The highest BCUT2D eigenvalue weighted by Crippen LogP contribution is 2.30. The van der Waals surface area contributed by atoms with Gasteiger partial charge < -0.3 is 10.3 Å². The monoisotopic (exact) mass is 333 g/mol. The van der Waals surface area contributed by atoms with Gasteiger partial charge in [-0.1, -0.05) is 6.92 Å². The van der Waals surface area contributed by atoms with Gasteiger partial charge in [0, 0.05) is 29.9 Å². The van der Waals surface area contributed by atoms with E-state index in [0.29, 0.717) is 24.8 Å². The smallest absolute Gasteiger partial charge is 0.211 e. The molecule has 2 aromatic rings. The molecule has 0 aromatic carbocycles. The van der Waals surface area contributed by atoms with E-state index >= 15 is 0 Å². The Bertz CT molecular complexity index is 846. The standard InChI is InChI=1S/C15H19N5O2S/c1-2-5-23(21,22)20-12-6-11(7-12)19-14-10(8-16)9-18-15-13(14)3-4-17-15/h3-4,9,11-12,20H,2,5-7H2,1H3,(H2,17,18,19). The number of nitriles is 1. The lowest BCUT2D eigenvalue weighted by Crippen LogP contribution is -2.50.